The van der Waals surface area contributed by atoms with Gasteiger partial charge in [0.05, 0.1) is 13.7 Å². The molecule has 3 nitrogen and oxygen atoms in total. The minimum absolute atomic E-state index is 0.886. The van der Waals surface area contributed by atoms with Gasteiger partial charge in [-0.05, 0) is 24.6 Å². The van der Waals surface area contributed by atoms with Gasteiger partial charge in [0.15, 0.2) is 11.0 Å². The third kappa shape index (κ3) is 2.27. The number of hydrogen-bond donors (Lipinski definition) is 0. The van der Waals surface area contributed by atoms with E-state index in [1.807, 2.05) is 12.1 Å². The number of rotatable bonds is 4. The van der Waals surface area contributed by atoms with Crippen molar-refractivity contribution >= 4 is 11.0 Å². The quantitative estimate of drug-likeness (QED) is 0.665. The predicted octanol–water partition coefficient (Wildman–Crippen LogP) is 3.01. The van der Waals surface area contributed by atoms with Gasteiger partial charge in [0.25, 0.3) is 0 Å². The first-order chi connectivity index (χ1) is 9.81. The van der Waals surface area contributed by atoms with Crippen molar-refractivity contribution in [2.24, 2.45) is 0 Å². The summed E-state index contributed by atoms with van der Waals surface area (Å²) in [5.74, 6) is 0.900. The van der Waals surface area contributed by atoms with Gasteiger partial charge in [-0.3, -0.25) is 0 Å². The van der Waals surface area contributed by atoms with Crippen molar-refractivity contribution < 1.29 is 9.30 Å². The molecule has 0 radical (unpaired) electrons. The Morgan fingerprint density at radius 1 is 1.10 bits per heavy atom. The summed E-state index contributed by atoms with van der Waals surface area (Å²) in [6.07, 6.45) is 2.18. The average Bonchev–Trinajstić information content (AvgIpc) is 2.85. The van der Waals surface area contributed by atoms with Crippen LogP contribution in [0.15, 0.2) is 54.9 Å². The Morgan fingerprint density at radius 3 is 2.60 bits per heavy atom. The lowest BCUT2D eigenvalue weighted by molar-refractivity contribution is -0.663. The second-order valence-corrected chi connectivity index (χ2v) is 4.87. The molecular formula is C17H19N2O+. The molecule has 0 bridgehead atoms. The van der Waals surface area contributed by atoms with E-state index in [0.717, 1.165) is 18.8 Å². The Balaban J connectivity index is 2.07. The molecule has 0 N–H and O–H groups in total. The zero-order chi connectivity index (χ0) is 13.9. The standard InChI is InChI=1S/C17H19N2O/c1-3-18-13-19(12-14-7-5-4-6-8-14)16-10-9-15(20-2)11-17(16)18/h4-11,13H,3,12H2,1-2H3/q+1. The van der Waals surface area contributed by atoms with E-state index in [-0.39, 0.29) is 0 Å². The van der Waals surface area contributed by atoms with E-state index in [9.17, 15) is 0 Å². The van der Waals surface area contributed by atoms with Crippen LogP contribution in [0.5, 0.6) is 5.75 Å². The van der Waals surface area contributed by atoms with Gasteiger partial charge >= 0.3 is 0 Å². The largest absolute Gasteiger partial charge is 0.497 e. The highest BCUT2D eigenvalue weighted by atomic mass is 16.5. The van der Waals surface area contributed by atoms with Crippen LogP contribution in [-0.2, 0) is 13.1 Å². The Hall–Kier alpha value is -2.29. The summed E-state index contributed by atoms with van der Waals surface area (Å²) in [6, 6.07) is 16.8. The maximum atomic E-state index is 5.33. The first kappa shape index (κ1) is 12.7. The molecule has 3 aromatic rings. The summed E-state index contributed by atoms with van der Waals surface area (Å²) in [4.78, 5) is 0. The molecule has 0 unspecified atom stereocenters. The topological polar surface area (TPSA) is 18.0 Å². The van der Waals surface area contributed by atoms with Crippen LogP contribution in [0.4, 0.5) is 0 Å². The second-order valence-electron chi connectivity index (χ2n) is 4.87. The number of fused-ring (bicyclic) bond motifs is 1. The van der Waals surface area contributed by atoms with Gasteiger partial charge in [-0.1, -0.05) is 30.3 Å². The van der Waals surface area contributed by atoms with Gasteiger partial charge in [0, 0.05) is 6.07 Å². The van der Waals surface area contributed by atoms with E-state index in [0.29, 0.717) is 0 Å². The van der Waals surface area contributed by atoms with Gasteiger partial charge in [0.1, 0.15) is 12.3 Å². The Morgan fingerprint density at radius 2 is 1.90 bits per heavy atom. The highest BCUT2D eigenvalue weighted by Gasteiger charge is 2.15. The zero-order valence-electron chi connectivity index (χ0n) is 11.9. The molecule has 2 aromatic carbocycles. The fourth-order valence-corrected chi connectivity index (χ4v) is 2.55. The summed E-state index contributed by atoms with van der Waals surface area (Å²) in [7, 11) is 1.71. The fraction of sp³-hybridized carbons (Fsp3) is 0.235. The van der Waals surface area contributed by atoms with Gasteiger partial charge < -0.3 is 4.74 Å². The highest BCUT2D eigenvalue weighted by Crippen LogP contribution is 2.19. The molecule has 3 rings (SSSR count). The molecule has 0 fully saturated rings. The molecule has 3 heteroatoms. The number of hydrogen-bond acceptors (Lipinski definition) is 1. The summed E-state index contributed by atoms with van der Waals surface area (Å²) in [5, 5.41) is 0. The van der Waals surface area contributed by atoms with Crippen LogP contribution in [0.25, 0.3) is 11.0 Å². The first-order valence-corrected chi connectivity index (χ1v) is 6.92. The molecule has 0 aliphatic carbocycles. The van der Waals surface area contributed by atoms with E-state index in [1.165, 1.54) is 16.6 Å². The molecular weight excluding hydrogens is 248 g/mol. The predicted molar refractivity (Wildman–Crippen MR) is 79.9 cm³/mol. The van der Waals surface area contributed by atoms with E-state index >= 15 is 0 Å². The molecule has 0 aliphatic heterocycles. The van der Waals surface area contributed by atoms with Crippen LogP contribution < -0.4 is 9.30 Å². The van der Waals surface area contributed by atoms with E-state index in [2.05, 4.69) is 58.8 Å². The van der Waals surface area contributed by atoms with Gasteiger partial charge in [-0.2, -0.15) is 0 Å². The lowest BCUT2D eigenvalue weighted by atomic mass is 10.2. The van der Waals surface area contributed by atoms with Crippen LogP contribution in [0, 0.1) is 0 Å². The third-order valence-electron chi connectivity index (χ3n) is 3.62. The zero-order valence-corrected chi connectivity index (χ0v) is 11.9. The van der Waals surface area contributed by atoms with Crippen molar-refractivity contribution in [2.75, 3.05) is 7.11 Å². The maximum absolute atomic E-state index is 5.33. The maximum Gasteiger partial charge on any atom is 0.245 e. The molecule has 102 valence electrons. The van der Waals surface area contributed by atoms with Crippen molar-refractivity contribution in [1.82, 2.24) is 4.57 Å². The second kappa shape index (κ2) is 5.37. The van der Waals surface area contributed by atoms with Crippen LogP contribution in [-0.4, -0.2) is 11.7 Å². The molecule has 0 spiro atoms. The van der Waals surface area contributed by atoms with Crippen LogP contribution in [0.2, 0.25) is 0 Å². The molecule has 0 amide bonds. The van der Waals surface area contributed by atoms with E-state index in [4.69, 9.17) is 4.74 Å². The van der Waals surface area contributed by atoms with Crippen LogP contribution >= 0.6 is 0 Å². The Labute approximate surface area is 119 Å². The van der Waals surface area contributed by atoms with Crippen molar-refractivity contribution in [2.45, 2.75) is 20.0 Å². The number of aryl methyl sites for hydroxylation is 1. The molecule has 0 aliphatic rings. The number of methoxy groups -OCH3 is 1. The van der Waals surface area contributed by atoms with Crippen molar-refractivity contribution in [3.8, 4) is 5.75 Å². The molecule has 0 saturated heterocycles. The Kier molecular flexibility index (Phi) is 3.42. The van der Waals surface area contributed by atoms with Crippen molar-refractivity contribution in [3.63, 3.8) is 0 Å². The normalized spacial score (nSPS) is 10.9. The van der Waals surface area contributed by atoms with Crippen molar-refractivity contribution in [1.29, 1.82) is 0 Å². The SMILES string of the molecule is CCn1c[n+](Cc2ccccc2)c2ccc(OC)cc21. The van der Waals surface area contributed by atoms with Gasteiger partial charge in [-0.15, -0.1) is 0 Å². The first-order valence-electron chi connectivity index (χ1n) is 6.92. The summed E-state index contributed by atoms with van der Waals surface area (Å²) in [6.45, 7) is 3.99. The molecule has 20 heavy (non-hydrogen) atoms. The van der Waals surface area contributed by atoms with Gasteiger partial charge in [0.2, 0.25) is 6.33 Å². The summed E-state index contributed by atoms with van der Waals surface area (Å²) >= 11 is 0. The lowest BCUT2D eigenvalue weighted by Gasteiger charge is -2.00. The minimum atomic E-state index is 0.886. The lowest BCUT2D eigenvalue weighted by Crippen LogP contribution is -2.32. The van der Waals surface area contributed by atoms with E-state index in [1.54, 1.807) is 7.11 Å². The average molecular weight is 267 g/mol. The highest BCUT2D eigenvalue weighted by molar-refractivity contribution is 5.73. The van der Waals surface area contributed by atoms with Crippen LogP contribution in [0.1, 0.15) is 12.5 Å². The molecule has 0 atom stereocenters. The number of imidazole rings is 1. The molecule has 1 aromatic heterocycles. The number of benzene rings is 2. The summed E-state index contributed by atoms with van der Waals surface area (Å²) in [5.41, 5.74) is 3.75. The van der Waals surface area contributed by atoms with Gasteiger partial charge in [-0.25, -0.2) is 9.13 Å². The fourth-order valence-electron chi connectivity index (χ4n) is 2.55. The third-order valence-corrected chi connectivity index (χ3v) is 3.62. The number of nitrogens with zero attached hydrogens (tertiary/aromatic N) is 2. The Bertz CT molecular complexity index is 716. The van der Waals surface area contributed by atoms with Crippen LogP contribution in [0.3, 0.4) is 0 Å². The number of ether oxygens (including phenoxy) is 1. The monoisotopic (exact) mass is 267 g/mol. The minimum Gasteiger partial charge on any atom is -0.497 e. The van der Waals surface area contributed by atoms with E-state index < -0.39 is 0 Å². The summed E-state index contributed by atoms with van der Waals surface area (Å²) < 4.78 is 9.86. The smallest absolute Gasteiger partial charge is 0.245 e. The number of aromatic nitrogens is 2. The molecule has 1 heterocycles. The van der Waals surface area contributed by atoms with Crippen molar-refractivity contribution in [3.05, 3.63) is 60.4 Å². The molecule has 0 saturated carbocycles.